The molecule has 100 valence electrons. The van der Waals surface area contributed by atoms with E-state index >= 15 is 0 Å². The Bertz CT molecular complexity index is 419. The Labute approximate surface area is 109 Å². The van der Waals surface area contributed by atoms with Gasteiger partial charge in [0.15, 0.2) is 0 Å². The Hall–Kier alpha value is -1.63. The normalized spacial score (nSPS) is 11.9. The fourth-order valence-corrected chi connectivity index (χ4v) is 2.13. The summed E-state index contributed by atoms with van der Waals surface area (Å²) in [5.74, 6) is -0.782. The van der Waals surface area contributed by atoms with Gasteiger partial charge in [-0.15, -0.1) is 11.3 Å². The predicted octanol–water partition coefficient (Wildman–Crippen LogP) is 1.33. The van der Waals surface area contributed by atoms with Gasteiger partial charge in [0.05, 0.1) is 11.4 Å². The molecule has 3 N–H and O–H groups in total. The van der Waals surface area contributed by atoms with Crippen LogP contribution in [0.25, 0.3) is 0 Å². The fourth-order valence-electron chi connectivity index (χ4n) is 1.28. The van der Waals surface area contributed by atoms with Crippen molar-refractivity contribution in [3.8, 4) is 0 Å². The number of carboxylic acid groups (broad SMARTS) is 1. The van der Waals surface area contributed by atoms with Crippen LogP contribution >= 0.6 is 11.3 Å². The summed E-state index contributed by atoms with van der Waals surface area (Å²) in [5.41, 5.74) is 0.979. The fraction of sp³-hybridized carbons (Fsp3) is 0.545. The lowest BCUT2D eigenvalue weighted by molar-refractivity contribution is -0.136. The Morgan fingerprint density at radius 3 is 2.78 bits per heavy atom. The molecule has 1 aromatic heterocycles. The summed E-state index contributed by atoms with van der Waals surface area (Å²) < 4.78 is 0. The largest absolute Gasteiger partial charge is 0.481 e. The van der Waals surface area contributed by atoms with E-state index in [1.807, 2.05) is 19.2 Å². The van der Waals surface area contributed by atoms with E-state index in [1.54, 1.807) is 11.3 Å². The third kappa shape index (κ3) is 5.13. The van der Waals surface area contributed by atoms with Crippen LogP contribution in [0.3, 0.4) is 0 Å². The molecule has 1 unspecified atom stereocenters. The second kappa shape index (κ2) is 6.95. The maximum absolute atomic E-state index is 11.3. The Balaban J connectivity index is 2.23. The van der Waals surface area contributed by atoms with Crippen molar-refractivity contribution in [1.29, 1.82) is 0 Å². The van der Waals surface area contributed by atoms with Crippen molar-refractivity contribution in [3.05, 3.63) is 16.1 Å². The smallest absolute Gasteiger partial charge is 0.314 e. The highest BCUT2D eigenvalue weighted by atomic mass is 32.1. The molecule has 0 saturated carbocycles. The van der Waals surface area contributed by atoms with Gasteiger partial charge in [0.25, 0.3) is 0 Å². The highest BCUT2D eigenvalue weighted by Crippen LogP contribution is 2.18. The molecule has 0 aromatic carbocycles. The highest BCUT2D eigenvalue weighted by Gasteiger charge is 2.10. The van der Waals surface area contributed by atoms with Crippen molar-refractivity contribution in [2.45, 2.75) is 26.2 Å². The number of hydrogen-bond donors (Lipinski definition) is 3. The van der Waals surface area contributed by atoms with Gasteiger partial charge < -0.3 is 15.7 Å². The van der Waals surface area contributed by atoms with Crippen molar-refractivity contribution in [2.75, 3.05) is 13.1 Å². The van der Waals surface area contributed by atoms with Crippen molar-refractivity contribution in [3.63, 3.8) is 0 Å². The quantitative estimate of drug-likeness (QED) is 0.728. The number of amides is 2. The molecule has 2 amide bonds. The Morgan fingerprint density at radius 2 is 2.22 bits per heavy atom. The molecule has 6 nitrogen and oxygen atoms in total. The van der Waals surface area contributed by atoms with Crippen LogP contribution in [0.15, 0.2) is 5.38 Å². The summed E-state index contributed by atoms with van der Waals surface area (Å²) in [5, 5.41) is 16.5. The number of thiazole rings is 1. The second-order valence-corrected chi connectivity index (χ2v) is 4.90. The summed E-state index contributed by atoms with van der Waals surface area (Å²) in [6, 6.07) is -0.351. The van der Waals surface area contributed by atoms with Gasteiger partial charge in [-0.25, -0.2) is 9.78 Å². The number of rotatable bonds is 6. The maximum atomic E-state index is 11.3. The highest BCUT2D eigenvalue weighted by molar-refractivity contribution is 7.09. The third-order valence-electron chi connectivity index (χ3n) is 2.25. The molecule has 0 spiro atoms. The van der Waals surface area contributed by atoms with E-state index in [9.17, 15) is 9.59 Å². The predicted molar refractivity (Wildman–Crippen MR) is 68.9 cm³/mol. The van der Waals surface area contributed by atoms with Crippen LogP contribution in [0, 0.1) is 6.92 Å². The van der Waals surface area contributed by atoms with Gasteiger partial charge in [-0.2, -0.15) is 0 Å². The van der Waals surface area contributed by atoms with Crippen LogP contribution in [0.1, 0.15) is 30.0 Å². The van der Waals surface area contributed by atoms with Crippen molar-refractivity contribution in [1.82, 2.24) is 15.6 Å². The van der Waals surface area contributed by atoms with E-state index in [0.717, 1.165) is 10.7 Å². The van der Waals surface area contributed by atoms with Crippen molar-refractivity contribution in [2.24, 2.45) is 0 Å². The van der Waals surface area contributed by atoms with Gasteiger partial charge in [-0.05, 0) is 6.92 Å². The van der Waals surface area contributed by atoms with Crippen LogP contribution < -0.4 is 10.6 Å². The summed E-state index contributed by atoms with van der Waals surface area (Å²) in [7, 11) is 0. The molecule has 0 bridgehead atoms. The first-order valence-corrected chi connectivity index (χ1v) is 6.52. The van der Waals surface area contributed by atoms with E-state index in [4.69, 9.17) is 5.11 Å². The number of hydrogen-bond acceptors (Lipinski definition) is 4. The number of nitrogens with zero attached hydrogens (tertiary/aromatic N) is 1. The first-order valence-electron chi connectivity index (χ1n) is 5.64. The van der Waals surface area contributed by atoms with E-state index < -0.39 is 5.97 Å². The van der Waals surface area contributed by atoms with Crippen molar-refractivity contribution < 1.29 is 14.7 Å². The van der Waals surface area contributed by atoms with Gasteiger partial charge in [0, 0.05) is 30.1 Å². The number of carboxylic acids is 1. The van der Waals surface area contributed by atoms with Crippen molar-refractivity contribution >= 4 is 23.3 Å². The summed E-state index contributed by atoms with van der Waals surface area (Å²) in [6.45, 7) is 4.52. The first-order chi connectivity index (χ1) is 8.49. The molecule has 0 radical (unpaired) electrons. The molecule has 1 rings (SSSR count). The average molecular weight is 271 g/mol. The molecule has 0 aliphatic heterocycles. The SMILES string of the molecule is Cc1csc(C(C)CNC(=O)NCCC(=O)O)n1. The number of urea groups is 1. The Morgan fingerprint density at radius 1 is 1.50 bits per heavy atom. The average Bonchev–Trinajstić information content (AvgIpc) is 2.72. The first kappa shape index (κ1) is 14.4. The van der Waals surface area contributed by atoms with Gasteiger partial charge in [0.1, 0.15) is 0 Å². The number of carbonyl (C=O) groups excluding carboxylic acids is 1. The zero-order chi connectivity index (χ0) is 13.5. The molecule has 1 heterocycles. The number of carbonyl (C=O) groups is 2. The van der Waals surface area contributed by atoms with E-state index in [0.29, 0.717) is 6.54 Å². The molecular weight excluding hydrogens is 254 g/mol. The zero-order valence-electron chi connectivity index (χ0n) is 10.4. The van der Waals surface area contributed by atoms with Crippen LogP contribution in [0.5, 0.6) is 0 Å². The molecule has 0 saturated heterocycles. The maximum Gasteiger partial charge on any atom is 0.314 e. The molecular formula is C11H17N3O3S. The minimum absolute atomic E-state index is 0.0748. The van der Waals surface area contributed by atoms with E-state index in [1.165, 1.54) is 0 Å². The van der Waals surface area contributed by atoms with E-state index in [-0.39, 0.29) is 24.9 Å². The standard InChI is InChI=1S/C11H17N3O3S/c1-7(10-14-8(2)6-18-10)5-13-11(17)12-4-3-9(15)16/h6-7H,3-5H2,1-2H3,(H,15,16)(H2,12,13,17). The number of nitrogens with one attached hydrogen (secondary N) is 2. The third-order valence-corrected chi connectivity index (χ3v) is 3.45. The van der Waals surface area contributed by atoms with Gasteiger partial charge in [-0.3, -0.25) is 4.79 Å². The molecule has 0 fully saturated rings. The topological polar surface area (TPSA) is 91.3 Å². The number of aromatic nitrogens is 1. The van der Waals surface area contributed by atoms with Crippen LogP contribution in [0.4, 0.5) is 4.79 Å². The minimum Gasteiger partial charge on any atom is -0.481 e. The molecule has 1 atom stereocenters. The lowest BCUT2D eigenvalue weighted by Crippen LogP contribution is -2.38. The summed E-state index contributed by atoms with van der Waals surface area (Å²) in [6.07, 6.45) is -0.0748. The van der Waals surface area contributed by atoms with Gasteiger partial charge >= 0.3 is 12.0 Å². The lowest BCUT2D eigenvalue weighted by Gasteiger charge is -2.10. The second-order valence-electron chi connectivity index (χ2n) is 4.01. The number of aryl methyl sites for hydroxylation is 1. The van der Waals surface area contributed by atoms with E-state index in [2.05, 4.69) is 15.6 Å². The zero-order valence-corrected chi connectivity index (χ0v) is 11.2. The molecule has 7 heteroatoms. The molecule has 18 heavy (non-hydrogen) atoms. The van der Waals surface area contributed by atoms with Crippen LogP contribution in [-0.4, -0.2) is 35.2 Å². The van der Waals surface area contributed by atoms with Gasteiger partial charge in [0.2, 0.25) is 0 Å². The summed E-state index contributed by atoms with van der Waals surface area (Å²) >= 11 is 1.57. The lowest BCUT2D eigenvalue weighted by atomic mass is 10.2. The molecule has 0 aliphatic carbocycles. The molecule has 0 aliphatic rings. The summed E-state index contributed by atoms with van der Waals surface area (Å²) in [4.78, 5) is 25.9. The van der Waals surface area contributed by atoms with Crippen LogP contribution in [0.2, 0.25) is 0 Å². The minimum atomic E-state index is -0.929. The monoisotopic (exact) mass is 271 g/mol. The van der Waals surface area contributed by atoms with Crippen LogP contribution in [-0.2, 0) is 4.79 Å². The van der Waals surface area contributed by atoms with Gasteiger partial charge in [-0.1, -0.05) is 6.92 Å². The molecule has 1 aromatic rings. The number of aliphatic carboxylic acids is 1. The Kier molecular flexibility index (Phi) is 5.57.